The molecule has 0 spiro atoms. The highest BCUT2D eigenvalue weighted by molar-refractivity contribution is 7.92. The van der Waals surface area contributed by atoms with Crippen molar-refractivity contribution in [1.82, 2.24) is 20.3 Å². The maximum absolute atomic E-state index is 11.6. The van der Waals surface area contributed by atoms with Gasteiger partial charge in [0.2, 0.25) is 20.8 Å². The molecular formula is C7H11N5O5S. The molecule has 0 aromatic carbocycles. The van der Waals surface area contributed by atoms with Crippen molar-refractivity contribution in [3.05, 3.63) is 0 Å². The second-order valence-electron chi connectivity index (χ2n) is 3.26. The highest BCUT2D eigenvalue weighted by atomic mass is 32.2. The Morgan fingerprint density at radius 2 is 2.11 bits per heavy atom. The van der Waals surface area contributed by atoms with Crippen molar-refractivity contribution in [2.45, 2.75) is 11.6 Å². The van der Waals surface area contributed by atoms with E-state index in [1.54, 1.807) is 0 Å². The summed E-state index contributed by atoms with van der Waals surface area (Å²) in [7, 11) is -2.78. The highest BCUT2D eigenvalue weighted by Crippen LogP contribution is 2.15. The topological polar surface area (TPSA) is 157 Å². The number of carbonyl (C=O) groups excluding carboxylic acids is 1. The molecule has 0 atom stereocenters. The van der Waals surface area contributed by atoms with Crippen LogP contribution in [0.15, 0.2) is 5.03 Å². The van der Waals surface area contributed by atoms with Crippen LogP contribution in [0.1, 0.15) is 0 Å². The first-order valence-electron chi connectivity index (χ1n) is 4.62. The molecule has 10 nitrogen and oxygen atoms in total. The third-order valence-corrected chi connectivity index (χ3v) is 3.43. The average Bonchev–Trinajstić information content (AvgIpc) is 2.59. The molecule has 0 aliphatic heterocycles. The number of rotatable bonds is 5. The second kappa shape index (κ2) is 5.00. The predicted octanol–water partition coefficient (Wildman–Crippen LogP) is -2.54. The van der Waals surface area contributed by atoms with Crippen LogP contribution in [0.3, 0.4) is 0 Å². The highest BCUT2D eigenvalue weighted by Gasteiger charge is 2.27. The fourth-order valence-corrected chi connectivity index (χ4v) is 2.14. The van der Waals surface area contributed by atoms with Gasteiger partial charge >= 0.3 is 5.97 Å². The standard InChI is InChI=1S/C7H11N5O5S/c1-9-4(13)2-12-6(8)7(10-11-12)18(16,17)3-5(14)15/h2-3,8H2,1H3,(H,9,13)(H,14,15). The summed E-state index contributed by atoms with van der Waals surface area (Å²) in [6, 6.07) is 0. The quantitative estimate of drug-likeness (QED) is 0.531. The fourth-order valence-electron chi connectivity index (χ4n) is 1.09. The van der Waals surface area contributed by atoms with E-state index in [1.165, 1.54) is 7.05 Å². The number of aliphatic carboxylic acids is 1. The summed E-state index contributed by atoms with van der Waals surface area (Å²) < 4.78 is 24.0. The Morgan fingerprint density at radius 1 is 1.50 bits per heavy atom. The van der Waals surface area contributed by atoms with Gasteiger partial charge in [0.15, 0.2) is 11.6 Å². The van der Waals surface area contributed by atoms with Crippen molar-refractivity contribution in [2.24, 2.45) is 0 Å². The third-order valence-electron chi connectivity index (χ3n) is 1.92. The number of nitrogens with two attached hydrogens (primary N) is 1. The number of anilines is 1. The number of carboxylic acids is 1. The van der Waals surface area contributed by atoms with Gasteiger partial charge in [0.1, 0.15) is 6.54 Å². The summed E-state index contributed by atoms with van der Waals surface area (Å²) >= 11 is 0. The molecule has 0 unspecified atom stereocenters. The van der Waals surface area contributed by atoms with Gasteiger partial charge in [-0.05, 0) is 0 Å². The van der Waals surface area contributed by atoms with Gasteiger partial charge in [-0.25, -0.2) is 13.1 Å². The van der Waals surface area contributed by atoms with E-state index in [9.17, 15) is 18.0 Å². The SMILES string of the molecule is CNC(=O)Cn1nnc(S(=O)(=O)CC(=O)O)c1N. The molecular weight excluding hydrogens is 266 g/mol. The van der Waals surface area contributed by atoms with Crippen molar-refractivity contribution >= 4 is 27.5 Å². The molecule has 18 heavy (non-hydrogen) atoms. The van der Waals surface area contributed by atoms with E-state index >= 15 is 0 Å². The summed E-state index contributed by atoms with van der Waals surface area (Å²) in [6.45, 7) is -0.308. The van der Waals surface area contributed by atoms with E-state index in [0.29, 0.717) is 0 Å². The minimum atomic E-state index is -4.16. The van der Waals surface area contributed by atoms with E-state index < -0.39 is 32.5 Å². The van der Waals surface area contributed by atoms with E-state index in [4.69, 9.17) is 10.8 Å². The van der Waals surface area contributed by atoms with Gasteiger partial charge in [0.05, 0.1) is 0 Å². The maximum Gasteiger partial charge on any atom is 0.319 e. The zero-order valence-electron chi connectivity index (χ0n) is 9.32. The zero-order valence-corrected chi connectivity index (χ0v) is 10.1. The normalized spacial score (nSPS) is 11.2. The second-order valence-corrected chi connectivity index (χ2v) is 5.17. The van der Waals surface area contributed by atoms with Crippen LogP contribution in [0.4, 0.5) is 5.82 Å². The largest absolute Gasteiger partial charge is 0.480 e. The minimum absolute atomic E-state index is 0.308. The number of carbonyl (C=O) groups is 2. The lowest BCUT2D eigenvalue weighted by molar-refractivity contribution is -0.134. The first-order valence-corrected chi connectivity index (χ1v) is 6.27. The molecule has 0 saturated heterocycles. The molecule has 1 aromatic heterocycles. The third kappa shape index (κ3) is 2.94. The molecule has 0 fully saturated rings. The Kier molecular flexibility index (Phi) is 3.86. The van der Waals surface area contributed by atoms with Gasteiger partial charge in [-0.3, -0.25) is 9.59 Å². The molecule has 1 heterocycles. The number of aromatic nitrogens is 3. The molecule has 0 radical (unpaired) electrons. The molecule has 11 heteroatoms. The number of likely N-dealkylation sites (N-methyl/N-ethyl adjacent to an activating group) is 1. The molecule has 0 bridgehead atoms. The van der Waals surface area contributed by atoms with Gasteiger partial charge in [0.25, 0.3) is 0 Å². The number of nitrogens with one attached hydrogen (secondary N) is 1. The molecule has 4 N–H and O–H groups in total. The Hall–Kier alpha value is -2.17. The van der Waals surface area contributed by atoms with Crippen LogP contribution in [-0.2, 0) is 26.0 Å². The number of hydrogen-bond acceptors (Lipinski definition) is 7. The Bertz CT molecular complexity index is 577. The molecule has 1 amide bonds. The van der Waals surface area contributed by atoms with Gasteiger partial charge in [-0.15, -0.1) is 5.10 Å². The first-order chi connectivity index (χ1) is 8.27. The van der Waals surface area contributed by atoms with Gasteiger partial charge in [-0.1, -0.05) is 5.21 Å². The summed E-state index contributed by atoms with van der Waals surface area (Å²) in [5.74, 6) is -3.50. The monoisotopic (exact) mass is 277 g/mol. The predicted molar refractivity (Wildman–Crippen MR) is 58.2 cm³/mol. The van der Waals surface area contributed by atoms with Crippen molar-refractivity contribution in [3.8, 4) is 0 Å². The number of nitrogen functional groups attached to an aromatic ring is 1. The summed E-state index contributed by atoms with van der Waals surface area (Å²) in [4.78, 5) is 21.5. The Balaban J connectivity index is 3.07. The van der Waals surface area contributed by atoms with Crippen molar-refractivity contribution < 1.29 is 23.1 Å². The van der Waals surface area contributed by atoms with Crippen LogP contribution in [0.5, 0.6) is 0 Å². The number of nitrogens with zero attached hydrogens (tertiary/aromatic N) is 3. The molecule has 0 aliphatic carbocycles. The van der Waals surface area contributed by atoms with E-state index in [2.05, 4.69) is 15.6 Å². The molecule has 100 valence electrons. The van der Waals surface area contributed by atoms with Crippen molar-refractivity contribution in [2.75, 3.05) is 18.5 Å². The van der Waals surface area contributed by atoms with Gasteiger partial charge < -0.3 is 16.2 Å². The number of hydrogen-bond donors (Lipinski definition) is 3. The molecule has 1 aromatic rings. The van der Waals surface area contributed by atoms with E-state index in [-0.39, 0.29) is 12.4 Å². The number of sulfone groups is 1. The lowest BCUT2D eigenvalue weighted by Gasteiger charge is -2.02. The Morgan fingerprint density at radius 3 is 2.61 bits per heavy atom. The average molecular weight is 277 g/mol. The van der Waals surface area contributed by atoms with Crippen LogP contribution in [-0.4, -0.2) is 53.2 Å². The van der Waals surface area contributed by atoms with E-state index in [0.717, 1.165) is 4.68 Å². The maximum atomic E-state index is 11.6. The molecule has 0 saturated carbocycles. The summed E-state index contributed by atoms with van der Waals surface area (Å²) in [5.41, 5.74) is 5.45. The van der Waals surface area contributed by atoms with Crippen LogP contribution >= 0.6 is 0 Å². The fraction of sp³-hybridized carbons (Fsp3) is 0.429. The lowest BCUT2D eigenvalue weighted by Crippen LogP contribution is -2.25. The zero-order chi connectivity index (χ0) is 13.9. The minimum Gasteiger partial charge on any atom is -0.480 e. The van der Waals surface area contributed by atoms with Crippen LogP contribution < -0.4 is 11.1 Å². The smallest absolute Gasteiger partial charge is 0.319 e. The van der Waals surface area contributed by atoms with Crippen molar-refractivity contribution in [1.29, 1.82) is 0 Å². The van der Waals surface area contributed by atoms with Gasteiger partial charge in [0, 0.05) is 7.05 Å². The summed E-state index contributed by atoms with van der Waals surface area (Å²) in [5, 5.41) is 16.8. The number of carboxylic acid groups (broad SMARTS) is 1. The first kappa shape index (κ1) is 13.9. The lowest BCUT2D eigenvalue weighted by atomic mass is 10.6. The molecule has 1 rings (SSSR count). The van der Waals surface area contributed by atoms with Gasteiger partial charge in [-0.2, -0.15) is 0 Å². The Labute approximate surface area is 102 Å². The summed E-state index contributed by atoms with van der Waals surface area (Å²) in [6.07, 6.45) is 0. The van der Waals surface area contributed by atoms with Crippen LogP contribution in [0.25, 0.3) is 0 Å². The van der Waals surface area contributed by atoms with E-state index in [1.807, 2.05) is 0 Å². The van der Waals surface area contributed by atoms with Crippen LogP contribution in [0, 0.1) is 0 Å². The molecule has 0 aliphatic rings. The van der Waals surface area contributed by atoms with Crippen molar-refractivity contribution in [3.63, 3.8) is 0 Å². The number of amides is 1. The van der Waals surface area contributed by atoms with Crippen LogP contribution in [0.2, 0.25) is 0 Å².